The van der Waals surface area contributed by atoms with Crippen LogP contribution in [0.3, 0.4) is 0 Å². The van der Waals surface area contributed by atoms with Crippen molar-refractivity contribution < 1.29 is 4.74 Å². The van der Waals surface area contributed by atoms with E-state index >= 15 is 0 Å². The van der Waals surface area contributed by atoms with Crippen molar-refractivity contribution in [1.82, 2.24) is 5.43 Å². The van der Waals surface area contributed by atoms with Crippen LogP contribution in [0, 0.1) is 0 Å². The van der Waals surface area contributed by atoms with Gasteiger partial charge in [-0.15, -0.1) is 0 Å². The maximum Gasteiger partial charge on any atom is 0.210 e. The van der Waals surface area contributed by atoms with Gasteiger partial charge in [0.25, 0.3) is 0 Å². The van der Waals surface area contributed by atoms with Gasteiger partial charge in [0.15, 0.2) is 0 Å². The molecule has 0 radical (unpaired) electrons. The summed E-state index contributed by atoms with van der Waals surface area (Å²) in [6, 6.07) is 1.60. The van der Waals surface area contributed by atoms with E-state index in [2.05, 4.69) is 24.5 Å². The molecule has 7 nitrogen and oxygen atoms in total. The number of nitrogens with two attached hydrogens (primary N) is 1. The molecule has 0 atom stereocenters. The summed E-state index contributed by atoms with van der Waals surface area (Å²) in [5.74, 6) is 5.76. The molecule has 2 rings (SSSR count). The zero-order valence-corrected chi connectivity index (χ0v) is 12.8. The molecule has 0 unspecified atom stereocenters. The largest absolute Gasteiger partial charge is 0.383 e. The van der Waals surface area contributed by atoms with Gasteiger partial charge in [0.05, 0.1) is 40.2 Å². The third-order valence-electron chi connectivity index (χ3n) is 2.39. The number of hydrazine groups is 1. The molecular formula is C10H12Cl2N6OS. The molecule has 0 saturated carbocycles. The third kappa shape index (κ3) is 3.28. The lowest BCUT2D eigenvalue weighted by Crippen LogP contribution is -2.36. The van der Waals surface area contributed by atoms with Gasteiger partial charge in [0, 0.05) is 7.11 Å². The van der Waals surface area contributed by atoms with E-state index in [9.17, 15) is 0 Å². The van der Waals surface area contributed by atoms with Gasteiger partial charge in [-0.25, -0.2) is 10.8 Å². The standard InChI is InChI=1S/C10H12Cl2N6OS/c1-19-3-2-14-10(16-13)15-7-5(11)4-6(12)8-9(7)18-20-17-8/h4H,2-3,13H2,1H3,(H2,14,15,16). The van der Waals surface area contributed by atoms with Gasteiger partial charge in [-0.3, -0.25) is 5.43 Å². The van der Waals surface area contributed by atoms with E-state index in [4.69, 9.17) is 33.8 Å². The summed E-state index contributed by atoms with van der Waals surface area (Å²) in [5.41, 5.74) is 4.16. The van der Waals surface area contributed by atoms with Crippen LogP contribution in [0.2, 0.25) is 10.0 Å². The van der Waals surface area contributed by atoms with E-state index < -0.39 is 0 Å². The smallest absolute Gasteiger partial charge is 0.210 e. The quantitative estimate of drug-likeness (QED) is 0.263. The molecule has 0 aromatic heterocycles. The van der Waals surface area contributed by atoms with Crippen LogP contribution in [-0.4, -0.2) is 26.2 Å². The topological polar surface area (TPSA) is 96.4 Å². The molecule has 4 N–H and O–H groups in total. The Hall–Kier alpha value is -1.19. The first-order valence-electron chi connectivity index (χ1n) is 5.54. The molecule has 1 aliphatic rings. The number of benzene rings is 1. The second kappa shape index (κ2) is 7.00. The van der Waals surface area contributed by atoms with Crippen LogP contribution >= 0.6 is 23.2 Å². The van der Waals surface area contributed by atoms with E-state index in [1.807, 2.05) is 0 Å². The number of aliphatic imine (C=N–C) groups is 1. The minimum absolute atomic E-state index is 0.348. The number of anilines is 1. The average Bonchev–Trinajstić information content (AvgIpc) is 2.91. The van der Waals surface area contributed by atoms with Crippen LogP contribution in [0.25, 0.3) is 0 Å². The van der Waals surface area contributed by atoms with Crippen molar-refractivity contribution in [2.45, 2.75) is 0 Å². The fraction of sp³-hybridized carbons (Fsp3) is 0.300. The maximum atomic E-state index is 6.17. The highest BCUT2D eigenvalue weighted by Crippen LogP contribution is 2.47. The summed E-state index contributed by atoms with van der Waals surface area (Å²) in [6.45, 7) is 0.932. The van der Waals surface area contributed by atoms with Gasteiger partial charge in [-0.05, 0) is 6.07 Å². The molecule has 1 heterocycles. The van der Waals surface area contributed by atoms with Crippen molar-refractivity contribution >= 4 is 57.6 Å². The summed E-state index contributed by atoms with van der Waals surface area (Å²) >= 11 is 13.3. The monoisotopic (exact) mass is 334 g/mol. The number of methoxy groups -OCH3 is 1. The fourth-order valence-corrected chi connectivity index (χ4v) is 2.64. The zero-order chi connectivity index (χ0) is 14.5. The predicted molar refractivity (Wildman–Crippen MR) is 83.1 cm³/mol. The first-order valence-corrected chi connectivity index (χ1v) is 7.03. The molecule has 108 valence electrons. The summed E-state index contributed by atoms with van der Waals surface area (Å²) in [4.78, 5) is 4.19. The number of nitrogens with one attached hydrogen (secondary N) is 2. The molecule has 1 aromatic carbocycles. The second-order valence-electron chi connectivity index (χ2n) is 3.67. The normalized spacial score (nSPS) is 13.1. The summed E-state index contributed by atoms with van der Waals surface area (Å²) in [5, 5.41) is 3.84. The highest BCUT2D eigenvalue weighted by Gasteiger charge is 2.19. The Labute approximate surface area is 129 Å². The number of nitrogens with zero attached hydrogens (tertiary/aromatic N) is 3. The molecule has 20 heavy (non-hydrogen) atoms. The van der Waals surface area contributed by atoms with Gasteiger partial charge in [0.1, 0.15) is 11.4 Å². The van der Waals surface area contributed by atoms with Gasteiger partial charge < -0.3 is 10.1 Å². The fourth-order valence-electron chi connectivity index (χ4n) is 1.48. The van der Waals surface area contributed by atoms with E-state index in [1.165, 1.54) is 0 Å². The van der Waals surface area contributed by atoms with Gasteiger partial charge in [-0.1, -0.05) is 23.2 Å². The van der Waals surface area contributed by atoms with Crippen LogP contribution < -0.4 is 16.6 Å². The first-order chi connectivity index (χ1) is 9.67. The van der Waals surface area contributed by atoms with Crippen LogP contribution in [0.1, 0.15) is 0 Å². The van der Waals surface area contributed by atoms with Gasteiger partial charge in [0.2, 0.25) is 5.96 Å². The molecule has 0 fully saturated rings. The van der Waals surface area contributed by atoms with Crippen molar-refractivity contribution in [3.05, 3.63) is 16.1 Å². The Morgan fingerprint density at radius 2 is 2.15 bits per heavy atom. The van der Waals surface area contributed by atoms with E-state index in [-0.39, 0.29) is 0 Å². The highest BCUT2D eigenvalue weighted by atomic mass is 35.5. The lowest BCUT2D eigenvalue weighted by Gasteiger charge is -2.13. The van der Waals surface area contributed by atoms with Crippen molar-refractivity contribution in [3.8, 4) is 0 Å². The minimum Gasteiger partial charge on any atom is -0.383 e. The average molecular weight is 335 g/mol. The van der Waals surface area contributed by atoms with Crippen molar-refractivity contribution in [2.24, 2.45) is 19.6 Å². The molecule has 1 aliphatic heterocycles. The molecule has 0 spiro atoms. The van der Waals surface area contributed by atoms with Crippen LogP contribution in [0.4, 0.5) is 17.1 Å². The Morgan fingerprint density at radius 1 is 1.40 bits per heavy atom. The van der Waals surface area contributed by atoms with E-state index in [1.54, 1.807) is 13.2 Å². The van der Waals surface area contributed by atoms with E-state index in [0.29, 0.717) is 46.2 Å². The number of hydrogen-bond donors (Lipinski definition) is 3. The Balaban J connectivity index is 2.28. The molecular weight excluding hydrogens is 323 g/mol. The zero-order valence-electron chi connectivity index (χ0n) is 10.5. The predicted octanol–water partition coefficient (Wildman–Crippen LogP) is 2.60. The number of guanidine groups is 1. The maximum absolute atomic E-state index is 6.17. The molecule has 0 aliphatic carbocycles. The van der Waals surface area contributed by atoms with Crippen molar-refractivity contribution in [2.75, 3.05) is 25.6 Å². The molecule has 0 bridgehead atoms. The minimum atomic E-state index is 0.348. The van der Waals surface area contributed by atoms with Crippen LogP contribution in [0.15, 0.2) is 19.8 Å². The van der Waals surface area contributed by atoms with E-state index in [0.717, 1.165) is 11.4 Å². The summed E-state index contributed by atoms with van der Waals surface area (Å²) < 4.78 is 13.2. The number of halogens is 2. The highest BCUT2D eigenvalue weighted by molar-refractivity contribution is 7.58. The van der Waals surface area contributed by atoms with Crippen molar-refractivity contribution in [3.63, 3.8) is 0 Å². The van der Waals surface area contributed by atoms with Crippen molar-refractivity contribution in [1.29, 1.82) is 0 Å². The Bertz CT molecular complexity index is 614. The van der Waals surface area contributed by atoms with Crippen LogP contribution in [0.5, 0.6) is 0 Å². The molecule has 1 aromatic rings. The summed E-state index contributed by atoms with van der Waals surface area (Å²) in [6.07, 6.45) is 0. The molecule has 0 amide bonds. The Morgan fingerprint density at radius 3 is 2.85 bits per heavy atom. The van der Waals surface area contributed by atoms with Gasteiger partial charge >= 0.3 is 0 Å². The number of rotatable bonds is 4. The second-order valence-corrected chi connectivity index (χ2v) is 5.01. The summed E-state index contributed by atoms with van der Waals surface area (Å²) in [7, 11) is 1.60. The lowest BCUT2D eigenvalue weighted by atomic mass is 10.2. The molecule has 0 saturated heterocycles. The van der Waals surface area contributed by atoms with Gasteiger partial charge in [-0.2, -0.15) is 8.73 Å². The third-order valence-corrected chi connectivity index (χ3v) is 3.50. The lowest BCUT2D eigenvalue weighted by molar-refractivity contribution is 0.208. The SMILES string of the molecule is COCCN=C(NN)Nc1c(Cl)cc(Cl)c2c1N=S=N2. The number of hydrogen-bond acceptors (Lipinski definition) is 5. The van der Waals surface area contributed by atoms with Crippen LogP contribution in [-0.2, 0) is 16.1 Å². The Kier molecular flexibility index (Phi) is 5.32. The number of ether oxygens (including phenoxy) is 1. The number of fused-ring (bicyclic) bond motifs is 1. The first kappa shape index (κ1) is 15.2. The molecule has 10 heteroatoms.